The lowest BCUT2D eigenvalue weighted by Crippen LogP contribution is -2.41. The van der Waals surface area contributed by atoms with E-state index in [1.165, 1.54) is 0 Å². The van der Waals surface area contributed by atoms with Crippen LogP contribution in [-0.2, 0) is 4.79 Å². The number of hydrogen-bond donors (Lipinski definition) is 3. The summed E-state index contributed by atoms with van der Waals surface area (Å²) in [5, 5.41) is 20.0. The van der Waals surface area contributed by atoms with E-state index in [0.29, 0.717) is 5.56 Å². The van der Waals surface area contributed by atoms with Crippen LogP contribution in [0.15, 0.2) is 22.7 Å². The van der Waals surface area contributed by atoms with Crippen LogP contribution in [0.4, 0.5) is 0 Å². The van der Waals surface area contributed by atoms with Gasteiger partial charge in [-0.15, -0.1) is 0 Å². The summed E-state index contributed by atoms with van der Waals surface area (Å²) in [5.41, 5.74) is 1.16. The van der Waals surface area contributed by atoms with Crippen molar-refractivity contribution in [2.45, 2.75) is 19.4 Å². The predicted molar refractivity (Wildman–Crippen MR) is 69.5 cm³/mol. The summed E-state index contributed by atoms with van der Waals surface area (Å²) in [6.07, 6.45) is -0.0172. The van der Waals surface area contributed by atoms with Crippen molar-refractivity contribution in [3.63, 3.8) is 0 Å². The maximum absolute atomic E-state index is 11.9. The lowest BCUT2D eigenvalue weighted by molar-refractivity contribution is -0.139. The van der Waals surface area contributed by atoms with Gasteiger partial charge in [-0.25, -0.2) is 4.79 Å². The van der Waals surface area contributed by atoms with Gasteiger partial charge in [-0.05, 0) is 30.7 Å². The molecule has 0 aliphatic heterocycles. The number of amides is 1. The summed E-state index contributed by atoms with van der Waals surface area (Å²) in [5.74, 6) is -1.62. The molecule has 3 N–H and O–H groups in total. The molecule has 0 saturated carbocycles. The minimum absolute atomic E-state index is 0.0172. The van der Waals surface area contributed by atoms with Gasteiger partial charge >= 0.3 is 5.97 Å². The molecule has 0 aromatic heterocycles. The standard InChI is InChI=1S/C12H14BrNO4/c1-7-6-8(13)2-3-9(7)11(16)14-10(4-5-15)12(17)18/h2-3,6,10,15H,4-5H2,1H3,(H,14,16)(H,17,18)/t10-/m1/s1. The van der Waals surface area contributed by atoms with Gasteiger partial charge in [0, 0.05) is 23.1 Å². The number of aliphatic carboxylic acids is 1. The van der Waals surface area contributed by atoms with Crippen molar-refractivity contribution >= 4 is 27.8 Å². The van der Waals surface area contributed by atoms with E-state index < -0.39 is 17.9 Å². The Morgan fingerprint density at radius 3 is 2.61 bits per heavy atom. The number of nitrogens with one attached hydrogen (secondary N) is 1. The Morgan fingerprint density at radius 2 is 2.11 bits per heavy atom. The molecule has 98 valence electrons. The molecule has 0 aliphatic rings. The van der Waals surface area contributed by atoms with E-state index in [1.54, 1.807) is 25.1 Å². The Bertz CT molecular complexity index is 461. The number of hydrogen-bond acceptors (Lipinski definition) is 3. The Labute approximate surface area is 113 Å². The number of carbonyl (C=O) groups excluding carboxylic acids is 1. The Morgan fingerprint density at radius 1 is 1.44 bits per heavy atom. The summed E-state index contributed by atoms with van der Waals surface area (Å²) in [4.78, 5) is 22.8. The molecule has 1 amide bonds. The molecular formula is C12H14BrNO4. The van der Waals surface area contributed by atoms with Crippen LogP contribution in [0.25, 0.3) is 0 Å². The van der Waals surface area contributed by atoms with Gasteiger partial charge < -0.3 is 15.5 Å². The maximum Gasteiger partial charge on any atom is 0.326 e. The molecule has 0 fully saturated rings. The van der Waals surface area contributed by atoms with Crippen LogP contribution in [0, 0.1) is 6.92 Å². The van der Waals surface area contributed by atoms with E-state index >= 15 is 0 Å². The molecule has 1 rings (SSSR count). The monoisotopic (exact) mass is 315 g/mol. The van der Waals surface area contributed by atoms with Crippen LogP contribution in [0.3, 0.4) is 0 Å². The second-order valence-corrected chi connectivity index (χ2v) is 4.75. The number of aliphatic hydroxyl groups is 1. The molecule has 0 unspecified atom stereocenters. The molecule has 0 bridgehead atoms. The smallest absolute Gasteiger partial charge is 0.326 e. The molecule has 6 heteroatoms. The van der Waals surface area contributed by atoms with Gasteiger partial charge in [-0.1, -0.05) is 15.9 Å². The van der Waals surface area contributed by atoms with Crippen molar-refractivity contribution in [1.29, 1.82) is 0 Å². The second-order valence-electron chi connectivity index (χ2n) is 3.84. The van der Waals surface area contributed by atoms with Gasteiger partial charge in [0.15, 0.2) is 0 Å². The van der Waals surface area contributed by atoms with Gasteiger partial charge in [0.2, 0.25) is 0 Å². The Balaban J connectivity index is 2.83. The maximum atomic E-state index is 11.9. The largest absolute Gasteiger partial charge is 0.480 e. The van der Waals surface area contributed by atoms with Crippen LogP contribution in [0.2, 0.25) is 0 Å². The first kappa shape index (κ1) is 14.7. The molecule has 1 aromatic rings. The number of aryl methyl sites for hydroxylation is 1. The third-order valence-corrected chi connectivity index (χ3v) is 2.95. The van der Waals surface area contributed by atoms with Gasteiger partial charge in [-0.3, -0.25) is 4.79 Å². The van der Waals surface area contributed by atoms with Gasteiger partial charge in [0.05, 0.1) is 0 Å². The fraction of sp³-hybridized carbons (Fsp3) is 0.333. The highest BCUT2D eigenvalue weighted by molar-refractivity contribution is 9.10. The summed E-state index contributed by atoms with van der Waals surface area (Å²) >= 11 is 3.29. The average molecular weight is 316 g/mol. The zero-order valence-electron chi connectivity index (χ0n) is 9.81. The number of carboxylic acids is 1. The highest BCUT2D eigenvalue weighted by Crippen LogP contribution is 2.16. The zero-order valence-corrected chi connectivity index (χ0v) is 11.4. The molecule has 18 heavy (non-hydrogen) atoms. The average Bonchev–Trinajstić information content (AvgIpc) is 2.27. The van der Waals surface area contributed by atoms with Gasteiger partial charge in [0.25, 0.3) is 5.91 Å². The molecule has 0 aliphatic carbocycles. The van der Waals surface area contributed by atoms with E-state index in [1.807, 2.05) is 0 Å². The molecule has 0 spiro atoms. The molecule has 1 atom stereocenters. The van der Waals surface area contributed by atoms with Crippen LogP contribution in [-0.4, -0.2) is 34.7 Å². The first-order valence-electron chi connectivity index (χ1n) is 5.36. The summed E-state index contributed by atoms with van der Waals surface area (Å²) in [6.45, 7) is 1.47. The van der Waals surface area contributed by atoms with E-state index in [0.717, 1.165) is 10.0 Å². The number of aliphatic hydroxyl groups excluding tert-OH is 1. The van der Waals surface area contributed by atoms with E-state index in [2.05, 4.69) is 21.2 Å². The molecular weight excluding hydrogens is 302 g/mol. The van der Waals surface area contributed by atoms with Crippen LogP contribution in [0.5, 0.6) is 0 Å². The van der Waals surface area contributed by atoms with Crippen LogP contribution in [0.1, 0.15) is 22.3 Å². The summed E-state index contributed by atoms with van der Waals surface area (Å²) < 4.78 is 0.849. The van der Waals surface area contributed by atoms with Crippen LogP contribution < -0.4 is 5.32 Å². The number of rotatable bonds is 5. The van der Waals surface area contributed by atoms with Crippen LogP contribution >= 0.6 is 15.9 Å². The molecule has 0 heterocycles. The van der Waals surface area contributed by atoms with E-state index in [4.69, 9.17) is 10.2 Å². The van der Waals surface area contributed by atoms with Gasteiger partial charge in [0.1, 0.15) is 6.04 Å². The fourth-order valence-corrected chi connectivity index (χ4v) is 1.98. The number of halogens is 1. The van der Waals surface area contributed by atoms with Crippen molar-refractivity contribution in [3.8, 4) is 0 Å². The summed E-state index contributed by atoms with van der Waals surface area (Å²) in [6, 6.07) is 4.03. The molecule has 5 nitrogen and oxygen atoms in total. The first-order valence-corrected chi connectivity index (χ1v) is 6.15. The predicted octanol–water partition coefficient (Wildman–Crippen LogP) is 1.32. The highest BCUT2D eigenvalue weighted by atomic mass is 79.9. The second kappa shape index (κ2) is 6.51. The zero-order chi connectivity index (χ0) is 13.7. The minimum Gasteiger partial charge on any atom is -0.480 e. The van der Waals surface area contributed by atoms with Crippen molar-refractivity contribution in [3.05, 3.63) is 33.8 Å². The van der Waals surface area contributed by atoms with Crippen molar-refractivity contribution < 1.29 is 19.8 Å². The Kier molecular flexibility index (Phi) is 5.30. The SMILES string of the molecule is Cc1cc(Br)ccc1C(=O)N[C@H](CCO)C(=O)O. The topological polar surface area (TPSA) is 86.6 Å². The molecule has 0 radical (unpaired) electrons. The number of carboxylic acid groups (broad SMARTS) is 1. The lowest BCUT2D eigenvalue weighted by atomic mass is 10.1. The highest BCUT2D eigenvalue weighted by Gasteiger charge is 2.20. The Hall–Kier alpha value is -1.40. The van der Waals surface area contributed by atoms with Crippen molar-refractivity contribution in [2.75, 3.05) is 6.61 Å². The molecule has 1 aromatic carbocycles. The fourth-order valence-electron chi connectivity index (χ4n) is 1.50. The third kappa shape index (κ3) is 3.82. The normalized spacial score (nSPS) is 11.9. The van der Waals surface area contributed by atoms with Crippen molar-refractivity contribution in [1.82, 2.24) is 5.32 Å². The lowest BCUT2D eigenvalue weighted by Gasteiger charge is -2.14. The number of carbonyl (C=O) groups is 2. The third-order valence-electron chi connectivity index (χ3n) is 2.45. The quantitative estimate of drug-likeness (QED) is 0.765. The first-order chi connectivity index (χ1) is 8.45. The van der Waals surface area contributed by atoms with E-state index in [-0.39, 0.29) is 13.0 Å². The number of benzene rings is 1. The summed E-state index contributed by atoms with van der Waals surface area (Å²) in [7, 11) is 0. The van der Waals surface area contributed by atoms with Crippen molar-refractivity contribution in [2.24, 2.45) is 0 Å². The van der Waals surface area contributed by atoms with E-state index in [9.17, 15) is 9.59 Å². The molecule has 0 saturated heterocycles. The van der Waals surface area contributed by atoms with Gasteiger partial charge in [-0.2, -0.15) is 0 Å². The minimum atomic E-state index is -1.16.